The van der Waals surface area contributed by atoms with E-state index in [0.717, 1.165) is 11.3 Å². The van der Waals surface area contributed by atoms with E-state index in [-0.39, 0.29) is 18.4 Å². The van der Waals surface area contributed by atoms with Gasteiger partial charge < -0.3 is 20.1 Å². The summed E-state index contributed by atoms with van der Waals surface area (Å²) in [6, 6.07) is 21.4. The second kappa shape index (κ2) is 10.1. The highest BCUT2D eigenvalue weighted by molar-refractivity contribution is 6.05. The maximum absolute atomic E-state index is 12.5. The van der Waals surface area contributed by atoms with Crippen molar-refractivity contribution in [1.82, 2.24) is 0 Å². The average molecular weight is 404 g/mol. The molecule has 0 heterocycles. The first-order chi connectivity index (χ1) is 14.6. The molecule has 0 bridgehead atoms. The van der Waals surface area contributed by atoms with Gasteiger partial charge >= 0.3 is 0 Å². The van der Waals surface area contributed by atoms with Crippen molar-refractivity contribution in [1.29, 1.82) is 0 Å². The molecule has 0 aliphatic carbocycles. The van der Waals surface area contributed by atoms with Crippen LogP contribution in [0, 0.1) is 6.92 Å². The lowest BCUT2D eigenvalue weighted by Gasteiger charge is -2.12. The van der Waals surface area contributed by atoms with Crippen molar-refractivity contribution >= 4 is 23.2 Å². The highest BCUT2D eigenvalue weighted by Gasteiger charge is 2.10. The van der Waals surface area contributed by atoms with Crippen LogP contribution >= 0.6 is 0 Å². The molecule has 0 unspecified atom stereocenters. The van der Waals surface area contributed by atoms with Gasteiger partial charge in [-0.3, -0.25) is 9.59 Å². The number of anilines is 2. The minimum Gasteiger partial charge on any atom is -0.492 e. The van der Waals surface area contributed by atoms with E-state index in [1.54, 1.807) is 36.4 Å². The average Bonchev–Trinajstić information content (AvgIpc) is 2.76. The van der Waals surface area contributed by atoms with Crippen molar-refractivity contribution in [2.45, 2.75) is 13.8 Å². The summed E-state index contributed by atoms with van der Waals surface area (Å²) in [6.45, 7) is 4.20. The van der Waals surface area contributed by atoms with E-state index in [4.69, 9.17) is 9.47 Å². The summed E-state index contributed by atoms with van der Waals surface area (Å²) in [6.07, 6.45) is 0. The van der Waals surface area contributed by atoms with Crippen molar-refractivity contribution in [2.75, 3.05) is 23.8 Å². The zero-order valence-corrected chi connectivity index (χ0v) is 17.0. The van der Waals surface area contributed by atoms with Gasteiger partial charge in [0.15, 0.2) is 6.61 Å². The molecule has 30 heavy (non-hydrogen) atoms. The molecule has 6 nitrogen and oxygen atoms in total. The maximum Gasteiger partial charge on any atom is 0.262 e. The van der Waals surface area contributed by atoms with Crippen LogP contribution in [0.1, 0.15) is 22.8 Å². The van der Waals surface area contributed by atoms with Crippen LogP contribution < -0.4 is 20.1 Å². The largest absolute Gasteiger partial charge is 0.492 e. The fourth-order valence-corrected chi connectivity index (χ4v) is 2.80. The summed E-state index contributed by atoms with van der Waals surface area (Å²) >= 11 is 0. The molecule has 154 valence electrons. The lowest BCUT2D eigenvalue weighted by Crippen LogP contribution is -2.20. The number of carbonyl (C=O) groups excluding carboxylic acids is 2. The molecule has 3 aromatic carbocycles. The zero-order chi connectivity index (χ0) is 21.3. The molecule has 0 atom stereocenters. The minimum atomic E-state index is -0.258. The number of hydrogen-bond acceptors (Lipinski definition) is 4. The number of rotatable bonds is 8. The van der Waals surface area contributed by atoms with Gasteiger partial charge in [0, 0.05) is 11.3 Å². The quantitative estimate of drug-likeness (QED) is 0.572. The summed E-state index contributed by atoms with van der Waals surface area (Å²) in [4.78, 5) is 24.6. The Bertz CT molecular complexity index is 1020. The second-order valence-corrected chi connectivity index (χ2v) is 6.56. The molecule has 6 heteroatoms. The number of para-hydroxylation sites is 3. The molecule has 3 rings (SSSR count). The Hall–Kier alpha value is -3.80. The number of benzene rings is 3. The Morgan fingerprint density at radius 3 is 2.17 bits per heavy atom. The molecule has 0 aliphatic rings. The van der Waals surface area contributed by atoms with Gasteiger partial charge in [0.1, 0.15) is 11.5 Å². The fraction of sp³-hybridized carbons (Fsp3) is 0.167. The molecule has 2 N–H and O–H groups in total. The van der Waals surface area contributed by atoms with Gasteiger partial charge in [-0.2, -0.15) is 0 Å². The minimum absolute atomic E-state index is 0.123. The number of ether oxygens (including phenoxy) is 2. The van der Waals surface area contributed by atoms with E-state index in [0.29, 0.717) is 29.4 Å². The predicted octanol–water partition coefficient (Wildman–Crippen LogP) is 4.66. The van der Waals surface area contributed by atoms with Gasteiger partial charge in [0.2, 0.25) is 0 Å². The van der Waals surface area contributed by atoms with Crippen LogP contribution in [-0.4, -0.2) is 25.0 Å². The monoisotopic (exact) mass is 404 g/mol. The molecule has 3 aromatic rings. The molecule has 2 amide bonds. The standard InChI is InChI=1S/C24H24N2O4/c1-3-29-22-11-7-6-10-21(22)26-24(28)18-12-14-19(15-13-18)30-16-23(27)25-20-9-5-4-8-17(20)2/h4-15H,3,16H2,1-2H3,(H,25,27)(H,26,28). The Morgan fingerprint density at radius 1 is 0.800 bits per heavy atom. The third kappa shape index (κ3) is 5.61. The lowest BCUT2D eigenvalue weighted by atomic mass is 10.2. The van der Waals surface area contributed by atoms with Crippen molar-refractivity contribution in [3.8, 4) is 11.5 Å². The summed E-state index contributed by atoms with van der Waals surface area (Å²) in [5, 5.41) is 5.66. The van der Waals surface area contributed by atoms with Gasteiger partial charge in [-0.05, 0) is 61.9 Å². The third-order valence-electron chi connectivity index (χ3n) is 4.34. The molecule has 0 aliphatic heterocycles. The van der Waals surface area contributed by atoms with Crippen LogP contribution in [-0.2, 0) is 4.79 Å². The van der Waals surface area contributed by atoms with Crippen molar-refractivity contribution in [3.05, 3.63) is 83.9 Å². The molecule has 0 radical (unpaired) electrons. The first-order valence-corrected chi connectivity index (χ1v) is 9.68. The van der Waals surface area contributed by atoms with Crippen LogP contribution in [0.4, 0.5) is 11.4 Å². The van der Waals surface area contributed by atoms with E-state index >= 15 is 0 Å². The van der Waals surface area contributed by atoms with Gasteiger partial charge in [0.25, 0.3) is 11.8 Å². The summed E-state index contributed by atoms with van der Waals surface area (Å²) in [5.41, 5.74) is 2.81. The smallest absolute Gasteiger partial charge is 0.262 e. The van der Waals surface area contributed by atoms with Gasteiger partial charge in [-0.15, -0.1) is 0 Å². The van der Waals surface area contributed by atoms with Crippen molar-refractivity contribution in [3.63, 3.8) is 0 Å². The first kappa shape index (κ1) is 20.9. The van der Waals surface area contributed by atoms with E-state index < -0.39 is 0 Å². The zero-order valence-electron chi connectivity index (χ0n) is 17.0. The number of nitrogens with one attached hydrogen (secondary N) is 2. The molecule has 0 aromatic heterocycles. The van der Waals surface area contributed by atoms with E-state index in [9.17, 15) is 9.59 Å². The maximum atomic E-state index is 12.5. The third-order valence-corrected chi connectivity index (χ3v) is 4.34. The molecule has 0 fully saturated rings. The summed E-state index contributed by atoms with van der Waals surface area (Å²) in [7, 11) is 0. The highest BCUT2D eigenvalue weighted by Crippen LogP contribution is 2.24. The van der Waals surface area contributed by atoms with Gasteiger partial charge in [-0.25, -0.2) is 0 Å². The molecule has 0 spiro atoms. The van der Waals surface area contributed by atoms with Crippen LogP contribution in [0.15, 0.2) is 72.8 Å². The molecular formula is C24H24N2O4. The number of carbonyl (C=O) groups is 2. The number of hydrogen-bond donors (Lipinski definition) is 2. The number of aryl methyl sites for hydroxylation is 1. The predicted molar refractivity (Wildman–Crippen MR) is 117 cm³/mol. The highest BCUT2D eigenvalue weighted by atomic mass is 16.5. The van der Waals surface area contributed by atoms with E-state index in [1.807, 2.05) is 50.2 Å². The van der Waals surface area contributed by atoms with Crippen LogP contribution in [0.3, 0.4) is 0 Å². The fourth-order valence-electron chi connectivity index (χ4n) is 2.80. The lowest BCUT2D eigenvalue weighted by molar-refractivity contribution is -0.118. The van der Waals surface area contributed by atoms with Crippen LogP contribution in [0.5, 0.6) is 11.5 Å². The van der Waals surface area contributed by atoms with Gasteiger partial charge in [-0.1, -0.05) is 30.3 Å². The normalized spacial score (nSPS) is 10.2. The molecule has 0 saturated carbocycles. The summed E-state index contributed by atoms with van der Waals surface area (Å²) < 4.78 is 11.0. The van der Waals surface area contributed by atoms with Crippen molar-refractivity contribution < 1.29 is 19.1 Å². The first-order valence-electron chi connectivity index (χ1n) is 9.68. The Kier molecular flexibility index (Phi) is 7.05. The molecule has 0 saturated heterocycles. The van der Waals surface area contributed by atoms with E-state index in [2.05, 4.69) is 10.6 Å². The van der Waals surface area contributed by atoms with Gasteiger partial charge in [0.05, 0.1) is 12.3 Å². The Balaban J connectivity index is 1.55. The van der Waals surface area contributed by atoms with E-state index in [1.165, 1.54) is 0 Å². The van der Waals surface area contributed by atoms with Crippen molar-refractivity contribution in [2.24, 2.45) is 0 Å². The molecular weight excluding hydrogens is 380 g/mol. The Morgan fingerprint density at radius 2 is 1.47 bits per heavy atom. The van der Waals surface area contributed by atoms with Crippen LogP contribution in [0.25, 0.3) is 0 Å². The number of amides is 2. The second-order valence-electron chi connectivity index (χ2n) is 6.56. The SMILES string of the molecule is CCOc1ccccc1NC(=O)c1ccc(OCC(=O)Nc2ccccc2C)cc1. The van der Waals surface area contributed by atoms with Crippen LogP contribution in [0.2, 0.25) is 0 Å². The Labute approximate surface area is 175 Å². The topological polar surface area (TPSA) is 76.7 Å². The summed E-state index contributed by atoms with van der Waals surface area (Å²) in [5.74, 6) is 0.610.